The van der Waals surface area contributed by atoms with Crippen LogP contribution in [0.1, 0.15) is 16.1 Å². The van der Waals surface area contributed by atoms with Crippen molar-refractivity contribution in [3.63, 3.8) is 0 Å². The van der Waals surface area contributed by atoms with E-state index < -0.39 is 10.0 Å². The number of benzene rings is 1. The molecule has 7 heteroatoms. The van der Waals surface area contributed by atoms with Gasteiger partial charge in [-0.15, -0.1) is 11.3 Å². The number of hydrogen-bond donors (Lipinski definition) is 1. The van der Waals surface area contributed by atoms with E-state index in [1.54, 1.807) is 18.4 Å². The molecule has 126 valence electrons. The number of oxazole rings is 1. The van der Waals surface area contributed by atoms with E-state index in [1.165, 1.54) is 16.9 Å². The molecule has 24 heavy (non-hydrogen) atoms. The van der Waals surface area contributed by atoms with Gasteiger partial charge in [0.25, 0.3) is 0 Å². The third-order valence-corrected chi connectivity index (χ3v) is 6.46. The summed E-state index contributed by atoms with van der Waals surface area (Å²) in [7, 11) is -3.45. The molecule has 0 aliphatic carbocycles. The molecule has 0 amide bonds. The van der Waals surface area contributed by atoms with Crippen molar-refractivity contribution in [2.75, 3.05) is 6.54 Å². The smallest absolute Gasteiger partial charge is 0.250 e. The highest BCUT2D eigenvalue weighted by molar-refractivity contribution is 7.91. The summed E-state index contributed by atoms with van der Waals surface area (Å²) in [5.41, 5.74) is 2.79. The Kier molecular flexibility index (Phi) is 4.84. The van der Waals surface area contributed by atoms with E-state index in [2.05, 4.69) is 9.71 Å². The van der Waals surface area contributed by atoms with Gasteiger partial charge in [0.2, 0.25) is 15.9 Å². The first-order valence-corrected chi connectivity index (χ1v) is 9.81. The van der Waals surface area contributed by atoms with Crippen LogP contribution in [0.2, 0.25) is 0 Å². The van der Waals surface area contributed by atoms with Crippen LogP contribution in [0.5, 0.6) is 0 Å². The minimum absolute atomic E-state index is 0.277. The average Bonchev–Trinajstić information content (AvgIpc) is 3.17. The first-order chi connectivity index (χ1) is 11.4. The van der Waals surface area contributed by atoms with Gasteiger partial charge in [0.1, 0.15) is 10.5 Å². The Morgan fingerprint density at radius 1 is 1.12 bits per heavy atom. The topological polar surface area (TPSA) is 72.2 Å². The van der Waals surface area contributed by atoms with E-state index in [4.69, 9.17) is 4.42 Å². The molecule has 2 aromatic heterocycles. The summed E-state index contributed by atoms with van der Waals surface area (Å²) in [5.74, 6) is 0.543. The lowest BCUT2D eigenvalue weighted by atomic mass is 10.1. The molecule has 2 heterocycles. The fourth-order valence-electron chi connectivity index (χ4n) is 2.19. The largest absolute Gasteiger partial charge is 0.444 e. The van der Waals surface area contributed by atoms with Gasteiger partial charge in [-0.1, -0.05) is 17.7 Å². The zero-order chi connectivity index (χ0) is 17.2. The molecule has 5 nitrogen and oxygen atoms in total. The van der Waals surface area contributed by atoms with Crippen molar-refractivity contribution in [3.05, 3.63) is 58.8 Å². The summed E-state index contributed by atoms with van der Waals surface area (Å²) >= 11 is 1.26. The maximum atomic E-state index is 12.1. The summed E-state index contributed by atoms with van der Waals surface area (Å²) in [6.07, 6.45) is 2.04. The second kappa shape index (κ2) is 6.88. The lowest BCUT2D eigenvalue weighted by molar-refractivity contribution is 0.570. The third-order valence-electron chi connectivity index (χ3n) is 3.50. The Balaban J connectivity index is 1.61. The van der Waals surface area contributed by atoms with E-state index in [1.807, 2.05) is 38.1 Å². The number of aromatic nitrogens is 1. The Bertz CT molecular complexity index is 925. The highest BCUT2D eigenvalue weighted by atomic mass is 32.2. The molecule has 0 atom stereocenters. The zero-order valence-corrected chi connectivity index (χ0v) is 15.1. The van der Waals surface area contributed by atoms with Crippen molar-refractivity contribution in [1.82, 2.24) is 9.71 Å². The Morgan fingerprint density at radius 3 is 2.54 bits per heavy atom. The summed E-state index contributed by atoms with van der Waals surface area (Å²) in [6.45, 7) is 4.18. The van der Waals surface area contributed by atoms with Crippen LogP contribution in [-0.4, -0.2) is 19.9 Å². The fraction of sp³-hybridized carbons (Fsp3) is 0.235. The number of hydrogen-bond acceptors (Lipinski definition) is 5. The van der Waals surface area contributed by atoms with Gasteiger partial charge in [-0.3, -0.25) is 0 Å². The van der Waals surface area contributed by atoms with Crippen LogP contribution in [0.3, 0.4) is 0 Å². The molecule has 1 N–H and O–H groups in total. The normalized spacial score (nSPS) is 11.8. The van der Waals surface area contributed by atoms with E-state index in [0.29, 0.717) is 16.5 Å². The zero-order valence-electron chi connectivity index (χ0n) is 13.4. The molecule has 0 saturated heterocycles. The molecule has 0 spiro atoms. The fourth-order valence-corrected chi connectivity index (χ4v) is 4.55. The molecule has 0 radical (unpaired) electrons. The second-order valence-electron chi connectivity index (χ2n) is 5.52. The lowest BCUT2D eigenvalue weighted by Gasteiger charge is -2.02. The maximum absolute atomic E-state index is 12.1. The monoisotopic (exact) mass is 362 g/mol. The van der Waals surface area contributed by atoms with Crippen LogP contribution in [-0.2, 0) is 16.4 Å². The molecule has 0 aliphatic rings. The first-order valence-electron chi connectivity index (χ1n) is 7.51. The molecule has 0 bridgehead atoms. The standard InChI is InChI=1S/C17H18N2O3S2/c1-12-3-6-14(7-4-12)17-19-15(11-22-17)9-10-18-24(20,21)16-8-5-13(2)23-16/h3-8,11,18H,9-10H2,1-2H3. The summed E-state index contributed by atoms with van der Waals surface area (Å²) in [5, 5.41) is 0. The quantitative estimate of drug-likeness (QED) is 0.728. The Morgan fingerprint density at radius 2 is 1.88 bits per heavy atom. The molecule has 1 aromatic carbocycles. The predicted octanol–water partition coefficient (Wildman–Crippen LogP) is 3.54. The summed E-state index contributed by atoms with van der Waals surface area (Å²) in [6, 6.07) is 11.3. The van der Waals surface area contributed by atoms with Crippen LogP contribution in [0.25, 0.3) is 11.5 Å². The summed E-state index contributed by atoms with van der Waals surface area (Å²) < 4.78 is 32.7. The second-order valence-corrected chi connectivity index (χ2v) is 8.80. The van der Waals surface area contributed by atoms with Crippen molar-refractivity contribution in [2.45, 2.75) is 24.5 Å². The highest BCUT2D eigenvalue weighted by Gasteiger charge is 2.16. The van der Waals surface area contributed by atoms with E-state index in [0.717, 1.165) is 16.1 Å². The van der Waals surface area contributed by atoms with Gasteiger partial charge < -0.3 is 4.42 Å². The van der Waals surface area contributed by atoms with E-state index >= 15 is 0 Å². The minimum atomic E-state index is -3.45. The van der Waals surface area contributed by atoms with Gasteiger partial charge in [-0.05, 0) is 38.1 Å². The van der Waals surface area contributed by atoms with Crippen molar-refractivity contribution < 1.29 is 12.8 Å². The third kappa shape index (κ3) is 3.92. The van der Waals surface area contributed by atoms with Crippen LogP contribution >= 0.6 is 11.3 Å². The molecule has 0 saturated carbocycles. The van der Waals surface area contributed by atoms with Crippen molar-refractivity contribution in [2.24, 2.45) is 0 Å². The van der Waals surface area contributed by atoms with Gasteiger partial charge >= 0.3 is 0 Å². The number of thiophene rings is 1. The minimum Gasteiger partial charge on any atom is -0.444 e. The SMILES string of the molecule is Cc1ccc(-c2nc(CCNS(=O)(=O)c3ccc(C)s3)co2)cc1. The van der Waals surface area contributed by atoms with Crippen molar-refractivity contribution in [1.29, 1.82) is 0 Å². The van der Waals surface area contributed by atoms with Crippen molar-refractivity contribution in [3.8, 4) is 11.5 Å². The number of nitrogens with zero attached hydrogens (tertiary/aromatic N) is 1. The van der Waals surface area contributed by atoms with Crippen LogP contribution in [0.15, 0.2) is 51.3 Å². The van der Waals surface area contributed by atoms with Crippen molar-refractivity contribution >= 4 is 21.4 Å². The van der Waals surface area contributed by atoms with Gasteiger partial charge in [0, 0.05) is 23.4 Å². The molecular weight excluding hydrogens is 344 g/mol. The van der Waals surface area contributed by atoms with E-state index in [-0.39, 0.29) is 6.54 Å². The van der Waals surface area contributed by atoms with Crippen LogP contribution in [0.4, 0.5) is 0 Å². The number of sulfonamides is 1. The van der Waals surface area contributed by atoms with Gasteiger partial charge in [0.05, 0.1) is 5.69 Å². The molecule has 3 aromatic rings. The Hall–Kier alpha value is -1.96. The average molecular weight is 362 g/mol. The molecular formula is C17H18N2O3S2. The molecule has 3 rings (SSSR count). The number of rotatable bonds is 6. The number of aryl methyl sites for hydroxylation is 2. The van der Waals surface area contributed by atoms with Crippen LogP contribution < -0.4 is 4.72 Å². The van der Waals surface area contributed by atoms with Crippen LogP contribution in [0, 0.1) is 13.8 Å². The van der Waals surface area contributed by atoms with E-state index in [9.17, 15) is 8.42 Å². The first kappa shape index (κ1) is 16.9. The number of nitrogens with one attached hydrogen (secondary N) is 1. The predicted molar refractivity (Wildman–Crippen MR) is 94.6 cm³/mol. The van der Waals surface area contributed by atoms with Gasteiger partial charge in [-0.25, -0.2) is 18.1 Å². The maximum Gasteiger partial charge on any atom is 0.250 e. The molecule has 0 aliphatic heterocycles. The van der Waals surface area contributed by atoms with Gasteiger partial charge in [0.15, 0.2) is 0 Å². The van der Waals surface area contributed by atoms with Gasteiger partial charge in [-0.2, -0.15) is 0 Å². The molecule has 0 fully saturated rings. The Labute approximate surface area is 145 Å². The summed E-state index contributed by atoms with van der Waals surface area (Å²) in [4.78, 5) is 5.37. The molecule has 0 unspecified atom stereocenters. The highest BCUT2D eigenvalue weighted by Crippen LogP contribution is 2.21. The lowest BCUT2D eigenvalue weighted by Crippen LogP contribution is -2.25.